The Morgan fingerprint density at radius 3 is 2.54 bits per heavy atom. The Morgan fingerprint density at radius 1 is 1.08 bits per heavy atom. The van der Waals surface area contributed by atoms with Gasteiger partial charge in [-0.2, -0.15) is 4.31 Å². The van der Waals surface area contributed by atoms with Crippen LogP contribution in [0.2, 0.25) is 0 Å². The van der Waals surface area contributed by atoms with Gasteiger partial charge in [-0.05, 0) is 24.3 Å². The number of anilines is 2. The molecule has 26 heavy (non-hydrogen) atoms. The second kappa shape index (κ2) is 6.86. The molecule has 0 unspecified atom stereocenters. The fourth-order valence-electron chi connectivity index (χ4n) is 2.95. The van der Waals surface area contributed by atoms with Gasteiger partial charge in [0.25, 0.3) is 0 Å². The van der Waals surface area contributed by atoms with Gasteiger partial charge in [0.2, 0.25) is 21.9 Å². The lowest BCUT2D eigenvalue weighted by atomic mass is 10.3. The summed E-state index contributed by atoms with van der Waals surface area (Å²) in [6.07, 6.45) is 3.34. The van der Waals surface area contributed by atoms with Crippen LogP contribution in [0.5, 0.6) is 0 Å². The highest BCUT2D eigenvalue weighted by atomic mass is 32.2. The van der Waals surface area contributed by atoms with Gasteiger partial charge < -0.3 is 10.2 Å². The number of rotatable bonds is 3. The van der Waals surface area contributed by atoms with Crippen molar-refractivity contribution in [3.63, 3.8) is 0 Å². The molecule has 1 aromatic heterocycles. The number of carbonyl (C=O) groups excluding carboxylic acids is 1. The van der Waals surface area contributed by atoms with Gasteiger partial charge in [0.1, 0.15) is 0 Å². The zero-order valence-corrected chi connectivity index (χ0v) is 15.5. The molecule has 0 aliphatic carbocycles. The average molecular weight is 391 g/mol. The number of fused-ring (bicyclic) bond motifs is 1. The minimum absolute atomic E-state index is 0.117. The lowest BCUT2D eigenvalue weighted by Gasteiger charge is -2.34. The van der Waals surface area contributed by atoms with Crippen molar-refractivity contribution in [2.75, 3.05) is 42.1 Å². The number of nitrogens with zero attached hydrogens (tertiary/aromatic N) is 4. The molecule has 1 fully saturated rings. The summed E-state index contributed by atoms with van der Waals surface area (Å²) in [6.45, 7) is 1.78. The second-order valence-corrected chi connectivity index (χ2v) is 8.89. The van der Waals surface area contributed by atoms with Crippen molar-refractivity contribution in [3.8, 4) is 0 Å². The van der Waals surface area contributed by atoms with E-state index in [2.05, 4.69) is 15.3 Å². The Balaban J connectivity index is 1.51. The first kappa shape index (κ1) is 17.3. The molecule has 1 saturated heterocycles. The molecule has 2 aliphatic heterocycles. The number of amides is 1. The topological polar surface area (TPSA) is 95.5 Å². The summed E-state index contributed by atoms with van der Waals surface area (Å²) in [5, 5.41) is 2.74. The van der Waals surface area contributed by atoms with Gasteiger partial charge in [-0.3, -0.25) is 4.79 Å². The largest absolute Gasteiger partial charge is 0.338 e. The highest BCUT2D eigenvalue weighted by Crippen LogP contribution is 2.34. The van der Waals surface area contributed by atoms with Crippen LogP contribution in [-0.2, 0) is 14.8 Å². The van der Waals surface area contributed by atoms with Crippen LogP contribution in [0.15, 0.2) is 46.5 Å². The molecule has 1 N–H and O–H groups in total. The predicted octanol–water partition coefficient (Wildman–Crippen LogP) is 1.03. The number of nitrogens with one attached hydrogen (secondary N) is 1. The standard InChI is InChI=1S/C16H17N5O3S2/c22-15-11-25-14-3-2-12(10-13(14)19-15)26(23,24)21-8-6-20(7-9-21)16-17-4-1-5-18-16/h1-5,10H,6-9,11H2,(H,19,22). The third kappa shape index (κ3) is 3.27. The molecular weight excluding hydrogens is 374 g/mol. The molecule has 2 aliphatic rings. The van der Waals surface area contributed by atoms with Gasteiger partial charge in [-0.25, -0.2) is 18.4 Å². The molecule has 1 amide bonds. The number of aromatic nitrogens is 2. The van der Waals surface area contributed by atoms with Gasteiger partial charge in [-0.15, -0.1) is 11.8 Å². The first-order valence-electron chi connectivity index (χ1n) is 8.13. The lowest BCUT2D eigenvalue weighted by Crippen LogP contribution is -2.49. The van der Waals surface area contributed by atoms with E-state index in [0.29, 0.717) is 43.6 Å². The van der Waals surface area contributed by atoms with E-state index in [1.54, 1.807) is 36.7 Å². The molecular formula is C16H17N5O3S2. The van der Waals surface area contributed by atoms with Crippen molar-refractivity contribution in [2.24, 2.45) is 0 Å². The number of thioether (sulfide) groups is 1. The third-order valence-electron chi connectivity index (χ3n) is 4.30. The zero-order chi connectivity index (χ0) is 18.1. The van der Waals surface area contributed by atoms with E-state index in [9.17, 15) is 13.2 Å². The maximum atomic E-state index is 13.0. The van der Waals surface area contributed by atoms with Gasteiger partial charge in [0.05, 0.1) is 16.3 Å². The van der Waals surface area contributed by atoms with Gasteiger partial charge in [0, 0.05) is 43.5 Å². The van der Waals surface area contributed by atoms with Crippen molar-refractivity contribution >= 4 is 39.3 Å². The Bertz CT molecular complexity index is 928. The highest BCUT2D eigenvalue weighted by molar-refractivity contribution is 8.00. The molecule has 0 saturated carbocycles. The van der Waals surface area contributed by atoms with Gasteiger partial charge in [-0.1, -0.05) is 0 Å². The van der Waals surface area contributed by atoms with Crippen LogP contribution in [0.1, 0.15) is 0 Å². The van der Waals surface area contributed by atoms with E-state index in [1.807, 2.05) is 4.90 Å². The van der Waals surface area contributed by atoms with Crippen LogP contribution >= 0.6 is 11.8 Å². The molecule has 1 aromatic carbocycles. The van der Waals surface area contributed by atoms with E-state index in [-0.39, 0.29) is 10.8 Å². The Morgan fingerprint density at radius 2 is 1.81 bits per heavy atom. The fourth-order valence-corrected chi connectivity index (χ4v) is 5.19. The van der Waals surface area contributed by atoms with Crippen molar-refractivity contribution < 1.29 is 13.2 Å². The van der Waals surface area contributed by atoms with Crippen molar-refractivity contribution in [1.82, 2.24) is 14.3 Å². The van der Waals surface area contributed by atoms with E-state index in [1.165, 1.54) is 16.1 Å². The molecule has 2 aromatic rings. The Kier molecular flexibility index (Phi) is 4.55. The number of piperazine rings is 1. The quantitative estimate of drug-likeness (QED) is 0.835. The molecule has 136 valence electrons. The molecule has 0 bridgehead atoms. The summed E-state index contributed by atoms with van der Waals surface area (Å²) in [5.74, 6) is 0.842. The molecule has 3 heterocycles. The average Bonchev–Trinajstić information content (AvgIpc) is 2.68. The second-order valence-electron chi connectivity index (χ2n) is 5.93. The summed E-state index contributed by atoms with van der Waals surface area (Å²) in [6, 6.07) is 6.64. The van der Waals surface area contributed by atoms with Gasteiger partial charge in [0.15, 0.2) is 0 Å². The number of carbonyl (C=O) groups is 1. The number of sulfonamides is 1. The lowest BCUT2D eigenvalue weighted by molar-refractivity contribution is -0.113. The summed E-state index contributed by atoms with van der Waals surface area (Å²) in [5.41, 5.74) is 0.559. The highest BCUT2D eigenvalue weighted by Gasteiger charge is 2.30. The van der Waals surface area contributed by atoms with E-state index < -0.39 is 10.0 Å². The molecule has 0 atom stereocenters. The summed E-state index contributed by atoms with van der Waals surface area (Å²) in [7, 11) is -3.61. The van der Waals surface area contributed by atoms with Crippen LogP contribution in [0, 0.1) is 0 Å². The van der Waals surface area contributed by atoms with Crippen molar-refractivity contribution in [2.45, 2.75) is 9.79 Å². The third-order valence-corrected chi connectivity index (χ3v) is 7.26. The van der Waals surface area contributed by atoms with Crippen LogP contribution in [0.3, 0.4) is 0 Å². The van der Waals surface area contributed by atoms with Crippen molar-refractivity contribution in [3.05, 3.63) is 36.7 Å². The normalized spacial score (nSPS) is 18.3. The minimum atomic E-state index is -3.61. The number of hydrogen-bond acceptors (Lipinski definition) is 7. The molecule has 10 heteroatoms. The van der Waals surface area contributed by atoms with Crippen molar-refractivity contribution in [1.29, 1.82) is 0 Å². The Hall–Kier alpha value is -2.17. The smallest absolute Gasteiger partial charge is 0.243 e. The summed E-state index contributed by atoms with van der Waals surface area (Å²) < 4.78 is 27.4. The first-order valence-corrected chi connectivity index (χ1v) is 10.6. The number of benzene rings is 1. The molecule has 8 nitrogen and oxygen atoms in total. The van der Waals surface area contributed by atoms with Crippen LogP contribution < -0.4 is 10.2 Å². The van der Waals surface area contributed by atoms with Gasteiger partial charge >= 0.3 is 0 Å². The summed E-state index contributed by atoms with van der Waals surface area (Å²) >= 11 is 1.41. The minimum Gasteiger partial charge on any atom is -0.338 e. The van der Waals surface area contributed by atoms with Crippen LogP contribution in [0.4, 0.5) is 11.6 Å². The van der Waals surface area contributed by atoms with E-state index in [4.69, 9.17) is 0 Å². The fraction of sp³-hybridized carbons (Fsp3) is 0.312. The molecule has 4 rings (SSSR count). The van der Waals surface area contributed by atoms with E-state index >= 15 is 0 Å². The Labute approximate surface area is 155 Å². The zero-order valence-electron chi connectivity index (χ0n) is 13.8. The monoisotopic (exact) mass is 391 g/mol. The maximum Gasteiger partial charge on any atom is 0.243 e. The maximum absolute atomic E-state index is 13.0. The van der Waals surface area contributed by atoms with Crippen LogP contribution in [0.25, 0.3) is 0 Å². The number of hydrogen-bond donors (Lipinski definition) is 1. The van der Waals surface area contributed by atoms with E-state index in [0.717, 1.165) is 4.90 Å². The predicted molar refractivity (Wildman–Crippen MR) is 98.8 cm³/mol. The SMILES string of the molecule is O=C1CSc2ccc(S(=O)(=O)N3CCN(c4ncccn4)CC3)cc2N1. The molecule has 0 radical (unpaired) electrons. The summed E-state index contributed by atoms with van der Waals surface area (Å²) in [4.78, 5) is 23.0. The first-order chi connectivity index (χ1) is 12.5. The molecule has 0 spiro atoms. The van der Waals surface area contributed by atoms with Crippen LogP contribution in [-0.4, -0.2) is 60.5 Å².